The molecule has 35 heavy (non-hydrogen) atoms. The van der Waals surface area contributed by atoms with Gasteiger partial charge >= 0.3 is 0 Å². The molecule has 1 amide bonds. The van der Waals surface area contributed by atoms with Crippen LogP contribution in [0.3, 0.4) is 0 Å². The average molecular weight is 493 g/mol. The van der Waals surface area contributed by atoms with E-state index in [4.69, 9.17) is 11.6 Å². The van der Waals surface area contributed by atoms with E-state index < -0.39 is 17.5 Å². The smallest absolute Gasteiger partial charge is 0.278 e. The molecular formula is C25H19ClF2N6O. The molecule has 0 radical (unpaired) electrons. The summed E-state index contributed by atoms with van der Waals surface area (Å²) < 4.78 is 29.5. The SMILES string of the molecule is O=C(Nc1nc2ccc(-c3cc(F)cc(Cl)c3)cc2[nH]1)c1cn2cc(F)cc(N3CCCC3)c2n1. The van der Waals surface area contributed by atoms with Crippen molar-refractivity contribution in [2.24, 2.45) is 0 Å². The predicted molar refractivity (Wildman–Crippen MR) is 131 cm³/mol. The number of hydrogen-bond acceptors (Lipinski definition) is 4. The molecule has 0 saturated carbocycles. The highest BCUT2D eigenvalue weighted by Crippen LogP contribution is 2.28. The molecule has 3 aromatic heterocycles. The van der Waals surface area contributed by atoms with Gasteiger partial charge in [-0.05, 0) is 54.3 Å². The Morgan fingerprint density at radius 3 is 2.60 bits per heavy atom. The van der Waals surface area contributed by atoms with E-state index in [1.54, 1.807) is 24.3 Å². The maximum atomic E-state index is 14.2. The molecule has 2 N–H and O–H groups in total. The molecule has 0 spiro atoms. The number of H-pyrrole nitrogens is 1. The Morgan fingerprint density at radius 2 is 1.80 bits per heavy atom. The molecule has 4 heterocycles. The molecule has 7 nitrogen and oxygen atoms in total. The van der Waals surface area contributed by atoms with Crippen molar-refractivity contribution in [3.05, 3.63) is 77.2 Å². The van der Waals surface area contributed by atoms with Gasteiger partial charge in [0.1, 0.15) is 17.3 Å². The van der Waals surface area contributed by atoms with Crippen LogP contribution >= 0.6 is 11.6 Å². The number of hydrogen-bond donors (Lipinski definition) is 2. The molecule has 1 aliphatic heterocycles. The lowest BCUT2D eigenvalue weighted by atomic mass is 10.1. The van der Waals surface area contributed by atoms with Crippen LogP contribution in [0.25, 0.3) is 27.8 Å². The standard InChI is InChI=1S/C25H19ClF2N6O/c26-16-7-15(8-17(27)10-16)14-3-4-19-20(9-14)31-25(30-19)32-24(35)21-13-34-12-18(28)11-22(23(34)29-21)33-5-1-2-6-33/h3-4,7-13H,1-2,5-6H2,(H2,30,31,32,35). The van der Waals surface area contributed by atoms with Crippen LogP contribution in [0.1, 0.15) is 23.3 Å². The van der Waals surface area contributed by atoms with Crippen LogP contribution < -0.4 is 10.2 Å². The van der Waals surface area contributed by atoms with Crippen LogP contribution in [0.2, 0.25) is 5.02 Å². The molecule has 1 saturated heterocycles. The van der Waals surface area contributed by atoms with E-state index in [0.29, 0.717) is 33.0 Å². The van der Waals surface area contributed by atoms with E-state index in [0.717, 1.165) is 31.5 Å². The summed E-state index contributed by atoms with van der Waals surface area (Å²) in [6.45, 7) is 1.66. The third kappa shape index (κ3) is 4.08. The van der Waals surface area contributed by atoms with Crippen molar-refractivity contribution in [2.45, 2.75) is 12.8 Å². The molecule has 0 atom stereocenters. The second-order valence-corrected chi connectivity index (χ2v) is 8.96. The molecule has 1 aliphatic rings. The number of imidazole rings is 2. The number of amides is 1. The Morgan fingerprint density at radius 1 is 0.971 bits per heavy atom. The minimum Gasteiger partial charge on any atom is -0.368 e. The fourth-order valence-corrected chi connectivity index (χ4v) is 4.71. The number of fused-ring (bicyclic) bond motifs is 2. The topological polar surface area (TPSA) is 78.3 Å². The Labute approximate surface area is 203 Å². The van der Waals surface area contributed by atoms with Gasteiger partial charge in [-0.1, -0.05) is 17.7 Å². The molecule has 0 bridgehead atoms. The molecular weight excluding hydrogens is 474 g/mol. The lowest BCUT2D eigenvalue weighted by Crippen LogP contribution is -2.19. The maximum absolute atomic E-state index is 14.2. The van der Waals surface area contributed by atoms with Crippen LogP contribution in [0.5, 0.6) is 0 Å². The highest BCUT2D eigenvalue weighted by atomic mass is 35.5. The van der Waals surface area contributed by atoms with Crippen LogP contribution in [0, 0.1) is 11.6 Å². The first kappa shape index (κ1) is 21.5. The van der Waals surface area contributed by atoms with Crippen molar-refractivity contribution in [1.29, 1.82) is 0 Å². The number of nitrogens with zero attached hydrogens (tertiary/aromatic N) is 4. The molecule has 0 unspecified atom stereocenters. The van der Waals surface area contributed by atoms with E-state index in [9.17, 15) is 13.6 Å². The van der Waals surface area contributed by atoms with Crippen LogP contribution in [0.15, 0.2) is 54.9 Å². The van der Waals surface area contributed by atoms with Gasteiger partial charge in [0.05, 0.1) is 16.7 Å². The summed E-state index contributed by atoms with van der Waals surface area (Å²) in [5.41, 5.74) is 4.01. The summed E-state index contributed by atoms with van der Waals surface area (Å²) in [6.07, 6.45) is 4.88. The summed E-state index contributed by atoms with van der Waals surface area (Å²) in [4.78, 5) is 26.9. The van der Waals surface area contributed by atoms with Crippen LogP contribution in [-0.2, 0) is 0 Å². The van der Waals surface area contributed by atoms with Gasteiger partial charge in [0.15, 0.2) is 5.65 Å². The zero-order chi connectivity index (χ0) is 24.1. The third-order valence-electron chi connectivity index (χ3n) is 6.09. The number of carbonyl (C=O) groups is 1. The largest absolute Gasteiger partial charge is 0.368 e. The second-order valence-electron chi connectivity index (χ2n) is 8.52. The highest BCUT2D eigenvalue weighted by molar-refractivity contribution is 6.30. The van der Waals surface area contributed by atoms with Crippen molar-refractivity contribution < 1.29 is 13.6 Å². The van der Waals surface area contributed by atoms with E-state index >= 15 is 0 Å². The first-order chi connectivity index (χ1) is 16.9. The third-order valence-corrected chi connectivity index (χ3v) is 6.31. The van der Waals surface area contributed by atoms with Crippen molar-refractivity contribution in [2.75, 3.05) is 23.3 Å². The minimum absolute atomic E-state index is 0.145. The minimum atomic E-state index is -0.474. The van der Waals surface area contributed by atoms with Crippen LogP contribution in [-0.4, -0.2) is 38.3 Å². The van der Waals surface area contributed by atoms with Gasteiger partial charge in [-0.25, -0.2) is 18.7 Å². The van der Waals surface area contributed by atoms with Gasteiger partial charge < -0.3 is 14.3 Å². The number of nitrogens with one attached hydrogen (secondary N) is 2. The maximum Gasteiger partial charge on any atom is 0.278 e. The molecule has 10 heteroatoms. The zero-order valence-corrected chi connectivity index (χ0v) is 19.1. The molecule has 5 aromatic rings. The average Bonchev–Trinajstić information content (AvgIpc) is 3.56. The zero-order valence-electron chi connectivity index (χ0n) is 18.4. The van der Waals surface area contributed by atoms with Gasteiger partial charge in [0.2, 0.25) is 5.95 Å². The number of carbonyl (C=O) groups excluding carboxylic acids is 1. The normalized spacial score (nSPS) is 13.7. The first-order valence-electron chi connectivity index (χ1n) is 11.1. The Balaban J connectivity index is 1.29. The second kappa shape index (κ2) is 8.35. The van der Waals surface area contributed by atoms with E-state index in [-0.39, 0.29) is 11.6 Å². The van der Waals surface area contributed by atoms with Crippen molar-refractivity contribution in [1.82, 2.24) is 19.4 Å². The molecule has 6 rings (SSSR count). The van der Waals surface area contributed by atoms with E-state index in [1.165, 1.54) is 35.0 Å². The molecule has 2 aromatic carbocycles. The van der Waals surface area contributed by atoms with Gasteiger partial charge in [0, 0.05) is 36.6 Å². The van der Waals surface area contributed by atoms with Gasteiger partial charge in [-0.15, -0.1) is 0 Å². The lowest BCUT2D eigenvalue weighted by Gasteiger charge is -2.18. The molecule has 176 valence electrons. The van der Waals surface area contributed by atoms with Gasteiger partial charge in [-0.2, -0.15) is 0 Å². The number of halogens is 3. The summed E-state index contributed by atoms with van der Waals surface area (Å²) in [6, 6.07) is 11.1. The summed E-state index contributed by atoms with van der Waals surface area (Å²) in [7, 11) is 0. The molecule has 1 fully saturated rings. The number of anilines is 2. The van der Waals surface area contributed by atoms with Crippen molar-refractivity contribution >= 4 is 45.8 Å². The number of aromatic nitrogens is 4. The fourth-order valence-electron chi connectivity index (χ4n) is 4.49. The highest BCUT2D eigenvalue weighted by Gasteiger charge is 2.20. The first-order valence-corrected chi connectivity index (χ1v) is 11.5. The Kier molecular flexibility index (Phi) is 5.14. The van der Waals surface area contributed by atoms with Gasteiger partial charge in [0.25, 0.3) is 5.91 Å². The number of aromatic amines is 1. The quantitative estimate of drug-likeness (QED) is 0.339. The number of pyridine rings is 1. The Bertz CT molecular complexity index is 1580. The van der Waals surface area contributed by atoms with Crippen molar-refractivity contribution in [3.63, 3.8) is 0 Å². The fraction of sp³-hybridized carbons (Fsp3) is 0.160. The lowest BCUT2D eigenvalue weighted by molar-refractivity contribution is 0.102. The van der Waals surface area contributed by atoms with E-state index in [1.807, 2.05) is 0 Å². The number of benzene rings is 2. The predicted octanol–water partition coefficient (Wildman–Crippen LogP) is 5.66. The van der Waals surface area contributed by atoms with Crippen molar-refractivity contribution in [3.8, 4) is 11.1 Å². The van der Waals surface area contributed by atoms with E-state index in [2.05, 4.69) is 25.2 Å². The van der Waals surface area contributed by atoms with Gasteiger partial charge in [-0.3, -0.25) is 10.1 Å². The Hall–Kier alpha value is -3.98. The summed E-state index contributed by atoms with van der Waals surface area (Å²) >= 11 is 5.98. The monoisotopic (exact) mass is 492 g/mol. The summed E-state index contributed by atoms with van der Waals surface area (Å²) in [5.74, 6) is -1.05. The number of rotatable bonds is 4. The molecule has 0 aliphatic carbocycles. The van der Waals surface area contributed by atoms with Crippen LogP contribution in [0.4, 0.5) is 20.4 Å². The summed E-state index contributed by atoms with van der Waals surface area (Å²) in [5, 5.41) is 3.02.